The number of aliphatic imine (C=N–C) groups is 1. The standard InChI is InChI=1S/C23H34N4O2/c1-3-5-16-29-17-8-14-25-23(24-4-2)26-18-20-10-12-21(13-11-20)19-27-15-7-6-9-22(27)28/h6-7,9-13,15H,3-5,8,14,16-19H2,1-2H3,(H2,24,25,26). The highest BCUT2D eigenvalue weighted by atomic mass is 16.5. The van der Waals surface area contributed by atoms with Crippen LogP contribution in [0, 0.1) is 0 Å². The maximum absolute atomic E-state index is 11.8. The topological polar surface area (TPSA) is 67.6 Å². The van der Waals surface area contributed by atoms with Crippen LogP contribution in [0.2, 0.25) is 0 Å². The van der Waals surface area contributed by atoms with E-state index in [1.165, 1.54) is 6.42 Å². The Hall–Kier alpha value is -2.60. The summed E-state index contributed by atoms with van der Waals surface area (Å²) in [6, 6.07) is 13.5. The minimum Gasteiger partial charge on any atom is -0.381 e. The maximum Gasteiger partial charge on any atom is 0.250 e. The van der Waals surface area contributed by atoms with Gasteiger partial charge in [-0.2, -0.15) is 0 Å². The molecule has 1 aromatic heterocycles. The fourth-order valence-corrected chi connectivity index (χ4v) is 2.78. The Labute approximate surface area is 174 Å². The van der Waals surface area contributed by atoms with E-state index in [1.54, 1.807) is 16.7 Å². The summed E-state index contributed by atoms with van der Waals surface area (Å²) in [5.41, 5.74) is 2.24. The number of nitrogens with zero attached hydrogens (tertiary/aromatic N) is 2. The van der Waals surface area contributed by atoms with Crippen LogP contribution < -0.4 is 16.2 Å². The van der Waals surface area contributed by atoms with Gasteiger partial charge in [-0.15, -0.1) is 0 Å². The summed E-state index contributed by atoms with van der Waals surface area (Å²) >= 11 is 0. The van der Waals surface area contributed by atoms with E-state index in [0.29, 0.717) is 13.1 Å². The van der Waals surface area contributed by atoms with Crippen molar-refractivity contribution < 1.29 is 4.74 Å². The van der Waals surface area contributed by atoms with Crippen molar-refractivity contribution in [1.29, 1.82) is 0 Å². The molecule has 0 saturated heterocycles. The number of hydrogen-bond donors (Lipinski definition) is 2. The lowest BCUT2D eigenvalue weighted by atomic mass is 10.1. The summed E-state index contributed by atoms with van der Waals surface area (Å²) in [5.74, 6) is 0.820. The molecule has 0 aliphatic heterocycles. The zero-order valence-electron chi connectivity index (χ0n) is 17.7. The fraction of sp³-hybridized carbons (Fsp3) is 0.478. The van der Waals surface area contributed by atoms with Gasteiger partial charge >= 0.3 is 0 Å². The van der Waals surface area contributed by atoms with E-state index in [0.717, 1.165) is 56.2 Å². The number of pyridine rings is 1. The SMILES string of the molecule is CCCCOCCCNC(=NCc1ccc(Cn2ccccc2=O)cc1)NCC. The lowest BCUT2D eigenvalue weighted by Gasteiger charge is -2.11. The fourth-order valence-electron chi connectivity index (χ4n) is 2.78. The third kappa shape index (κ3) is 8.96. The quantitative estimate of drug-likeness (QED) is 0.327. The number of guanidine groups is 1. The molecule has 158 valence electrons. The van der Waals surface area contributed by atoms with Crippen molar-refractivity contribution in [2.24, 2.45) is 4.99 Å². The molecular weight excluding hydrogens is 364 g/mol. The van der Waals surface area contributed by atoms with Gasteiger partial charge in [-0.05, 0) is 37.0 Å². The Bertz CT molecular complexity index is 784. The predicted octanol–water partition coefficient (Wildman–Crippen LogP) is 3.16. The average molecular weight is 399 g/mol. The van der Waals surface area contributed by atoms with Gasteiger partial charge < -0.3 is 19.9 Å². The van der Waals surface area contributed by atoms with E-state index in [4.69, 9.17) is 4.74 Å². The first-order valence-corrected chi connectivity index (χ1v) is 10.6. The molecule has 0 spiro atoms. The Balaban J connectivity index is 1.80. The van der Waals surface area contributed by atoms with Crippen LogP contribution in [0.4, 0.5) is 0 Å². The van der Waals surface area contributed by atoms with Crippen molar-refractivity contribution >= 4 is 5.96 Å². The molecule has 2 rings (SSSR count). The predicted molar refractivity (Wildman–Crippen MR) is 119 cm³/mol. The van der Waals surface area contributed by atoms with Gasteiger partial charge in [-0.25, -0.2) is 4.99 Å². The summed E-state index contributed by atoms with van der Waals surface area (Å²) in [6.07, 6.45) is 5.06. The molecule has 1 heterocycles. The summed E-state index contributed by atoms with van der Waals surface area (Å²) in [7, 11) is 0. The average Bonchev–Trinajstić information content (AvgIpc) is 2.74. The minimum absolute atomic E-state index is 0.0123. The maximum atomic E-state index is 11.8. The summed E-state index contributed by atoms with van der Waals surface area (Å²) in [5, 5.41) is 6.63. The molecule has 0 amide bonds. The van der Waals surface area contributed by atoms with Gasteiger partial charge in [-0.1, -0.05) is 43.7 Å². The molecule has 2 aromatic rings. The molecule has 29 heavy (non-hydrogen) atoms. The second-order valence-electron chi connectivity index (χ2n) is 6.92. The Morgan fingerprint density at radius 3 is 2.48 bits per heavy atom. The monoisotopic (exact) mass is 398 g/mol. The van der Waals surface area contributed by atoms with Crippen molar-refractivity contribution in [1.82, 2.24) is 15.2 Å². The first-order chi connectivity index (χ1) is 14.2. The third-order valence-corrected chi connectivity index (χ3v) is 4.44. The molecule has 2 N–H and O–H groups in total. The number of ether oxygens (including phenoxy) is 1. The van der Waals surface area contributed by atoms with Gasteiger partial charge in [-0.3, -0.25) is 4.79 Å². The number of benzene rings is 1. The molecule has 6 heteroatoms. The molecule has 0 radical (unpaired) electrons. The zero-order chi connectivity index (χ0) is 20.7. The highest BCUT2D eigenvalue weighted by Crippen LogP contribution is 2.07. The summed E-state index contributed by atoms with van der Waals surface area (Å²) in [4.78, 5) is 16.5. The second kappa shape index (κ2) is 13.6. The highest BCUT2D eigenvalue weighted by molar-refractivity contribution is 5.79. The minimum atomic E-state index is 0.0123. The lowest BCUT2D eigenvalue weighted by molar-refractivity contribution is 0.129. The third-order valence-electron chi connectivity index (χ3n) is 4.44. The number of hydrogen-bond acceptors (Lipinski definition) is 3. The molecule has 0 atom stereocenters. The van der Waals surface area contributed by atoms with Crippen molar-refractivity contribution in [2.75, 3.05) is 26.3 Å². The molecule has 0 saturated carbocycles. The van der Waals surface area contributed by atoms with Crippen LogP contribution in [0.3, 0.4) is 0 Å². The first kappa shape index (κ1) is 22.7. The summed E-state index contributed by atoms with van der Waals surface area (Å²) in [6.45, 7) is 8.69. The van der Waals surface area contributed by atoms with Crippen LogP contribution >= 0.6 is 0 Å². The molecule has 0 aliphatic carbocycles. The van der Waals surface area contributed by atoms with Crippen molar-refractivity contribution in [2.45, 2.75) is 46.2 Å². The molecule has 1 aromatic carbocycles. The van der Waals surface area contributed by atoms with Crippen LogP contribution in [0.15, 0.2) is 58.4 Å². The largest absolute Gasteiger partial charge is 0.381 e. The Morgan fingerprint density at radius 2 is 1.76 bits per heavy atom. The van der Waals surface area contributed by atoms with E-state index in [-0.39, 0.29) is 5.56 Å². The number of rotatable bonds is 12. The van der Waals surface area contributed by atoms with E-state index in [1.807, 2.05) is 12.3 Å². The smallest absolute Gasteiger partial charge is 0.250 e. The Kier molecular flexibility index (Phi) is 10.6. The summed E-state index contributed by atoms with van der Waals surface area (Å²) < 4.78 is 7.29. The lowest BCUT2D eigenvalue weighted by Crippen LogP contribution is -2.38. The number of unbranched alkanes of at least 4 members (excludes halogenated alkanes) is 1. The Morgan fingerprint density at radius 1 is 1.00 bits per heavy atom. The highest BCUT2D eigenvalue weighted by Gasteiger charge is 2.00. The molecule has 0 unspecified atom stereocenters. The van der Waals surface area contributed by atoms with E-state index < -0.39 is 0 Å². The van der Waals surface area contributed by atoms with Crippen LogP contribution in [-0.4, -0.2) is 36.8 Å². The first-order valence-electron chi connectivity index (χ1n) is 10.6. The van der Waals surface area contributed by atoms with Gasteiger partial charge in [0.15, 0.2) is 5.96 Å². The van der Waals surface area contributed by atoms with Gasteiger partial charge in [0.2, 0.25) is 0 Å². The van der Waals surface area contributed by atoms with Crippen LogP contribution in [0.5, 0.6) is 0 Å². The second-order valence-corrected chi connectivity index (χ2v) is 6.92. The van der Waals surface area contributed by atoms with E-state index >= 15 is 0 Å². The van der Waals surface area contributed by atoms with Crippen molar-refractivity contribution in [3.8, 4) is 0 Å². The van der Waals surface area contributed by atoms with Crippen molar-refractivity contribution in [3.05, 3.63) is 70.1 Å². The zero-order valence-corrected chi connectivity index (χ0v) is 17.7. The van der Waals surface area contributed by atoms with Crippen LogP contribution in [-0.2, 0) is 17.8 Å². The molecule has 0 fully saturated rings. The van der Waals surface area contributed by atoms with Crippen LogP contribution in [0.1, 0.15) is 44.2 Å². The van der Waals surface area contributed by atoms with Gasteiger partial charge in [0, 0.05) is 38.6 Å². The number of aromatic nitrogens is 1. The van der Waals surface area contributed by atoms with Gasteiger partial charge in [0.05, 0.1) is 13.1 Å². The van der Waals surface area contributed by atoms with E-state index in [2.05, 4.69) is 53.7 Å². The van der Waals surface area contributed by atoms with Gasteiger partial charge in [0.25, 0.3) is 5.56 Å². The molecule has 0 bridgehead atoms. The van der Waals surface area contributed by atoms with Gasteiger partial charge in [0.1, 0.15) is 0 Å². The molecule has 0 aliphatic rings. The molecular formula is C23H34N4O2. The van der Waals surface area contributed by atoms with E-state index in [9.17, 15) is 4.79 Å². The van der Waals surface area contributed by atoms with Crippen LogP contribution in [0.25, 0.3) is 0 Å². The number of nitrogens with one attached hydrogen (secondary N) is 2. The molecule has 6 nitrogen and oxygen atoms in total. The van der Waals surface area contributed by atoms with Crippen molar-refractivity contribution in [3.63, 3.8) is 0 Å². The normalized spacial score (nSPS) is 11.4.